The van der Waals surface area contributed by atoms with Crippen LogP contribution in [0.2, 0.25) is 0 Å². The molecule has 8 nitrogen and oxygen atoms in total. The average Bonchev–Trinajstić information content (AvgIpc) is 2.63. The normalized spacial score (nSPS) is 33.4. The summed E-state index contributed by atoms with van der Waals surface area (Å²) in [4.78, 5) is 23.8. The van der Waals surface area contributed by atoms with E-state index in [2.05, 4.69) is 0 Å². The number of rotatable bonds is 4. The zero-order chi connectivity index (χ0) is 16.1. The molecule has 0 saturated carbocycles. The van der Waals surface area contributed by atoms with Crippen LogP contribution in [0.15, 0.2) is 0 Å². The molecule has 2 atom stereocenters. The van der Waals surface area contributed by atoms with E-state index < -0.39 is 30.3 Å². The van der Waals surface area contributed by atoms with Gasteiger partial charge in [0.15, 0.2) is 0 Å². The SMILES string of the molecule is C[N+](C)(C)CC1OC2(OC1=O)OC(=O)C(C[N+](C)(C)C)O2. The van der Waals surface area contributed by atoms with Crippen LogP contribution in [0.1, 0.15) is 0 Å². The minimum atomic E-state index is -2.01. The first kappa shape index (κ1) is 16.2. The van der Waals surface area contributed by atoms with Gasteiger partial charge in [0.05, 0.1) is 42.3 Å². The molecule has 2 unspecified atom stereocenters. The highest BCUT2D eigenvalue weighted by molar-refractivity contribution is 5.79. The van der Waals surface area contributed by atoms with Gasteiger partial charge in [-0.1, -0.05) is 0 Å². The van der Waals surface area contributed by atoms with Gasteiger partial charge < -0.3 is 18.4 Å². The van der Waals surface area contributed by atoms with E-state index in [0.29, 0.717) is 22.1 Å². The van der Waals surface area contributed by atoms with E-state index in [9.17, 15) is 9.59 Å². The summed E-state index contributed by atoms with van der Waals surface area (Å²) < 4.78 is 22.0. The van der Waals surface area contributed by atoms with Gasteiger partial charge in [-0.25, -0.2) is 9.59 Å². The van der Waals surface area contributed by atoms with Gasteiger partial charge in [-0.05, 0) is 0 Å². The first-order valence-corrected chi connectivity index (χ1v) is 6.81. The van der Waals surface area contributed by atoms with Crippen molar-refractivity contribution in [1.29, 1.82) is 0 Å². The molecule has 8 heteroatoms. The fourth-order valence-corrected chi connectivity index (χ4v) is 2.19. The Balaban J connectivity index is 2.06. The summed E-state index contributed by atoms with van der Waals surface area (Å²) in [6.07, 6.45) is -3.64. The predicted octanol–water partition coefficient (Wildman–Crippen LogP) is -1.11. The summed E-state index contributed by atoms with van der Waals surface area (Å²) >= 11 is 0. The van der Waals surface area contributed by atoms with Gasteiger partial charge in [0, 0.05) is 0 Å². The molecule has 2 saturated heterocycles. The number of quaternary nitrogens is 2. The highest BCUT2D eigenvalue weighted by atomic mass is 17.1. The second-order valence-corrected chi connectivity index (χ2v) is 7.50. The van der Waals surface area contributed by atoms with Crippen LogP contribution in [0.5, 0.6) is 0 Å². The Labute approximate surface area is 124 Å². The minimum Gasteiger partial charge on any atom is -0.371 e. The number of hydrogen-bond donors (Lipinski definition) is 0. The molecule has 0 aromatic carbocycles. The van der Waals surface area contributed by atoms with E-state index >= 15 is 0 Å². The van der Waals surface area contributed by atoms with Crippen LogP contribution in [0, 0.1) is 0 Å². The van der Waals surface area contributed by atoms with Crippen molar-refractivity contribution in [3.05, 3.63) is 0 Å². The summed E-state index contributed by atoms with van der Waals surface area (Å²) in [5.41, 5.74) is 0. The molecule has 120 valence electrons. The van der Waals surface area contributed by atoms with Crippen molar-refractivity contribution in [2.24, 2.45) is 0 Å². The first-order chi connectivity index (χ1) is 9.39. The van der Waals surface area contributed by atoms with Gasteiger partial charge >= 0.3 is 18.1 Å². The Hall–Kier alpha value is -1.22. The number of ether oxygens (including phenoxy) is 4. The van der Waals surface area contributed by atoms with Crippen LogP contribution in [-0.4, -0.2) is 94.6 Å². The minimum absolute atomic E-state index is 0.390. The van der Waals surface area contributed by atoms with Crippen LogP contribution in [-0.2, 0) is 28.5 Å². The molecule has 2 rings (SSSR count). The van der Waals surface area contributed by atoms with Crippen LogP contribution in [0.25, 0.3) is 0 Å². The lowest BCUT2D eigenvalue weighted by atomic mass is 10.3. The maximum atomic E-state index is 11.9. The highest BCUT2D eigenvalue weighted by Gasteiger charge is 2.62. The Morgan fingerprint density at radius 3 is 1.43 bits per heavy atom. The number of carbonyl (C=O) groups is 2. The molecular formula is C13H24N2O6+2. The zero-order valence-electron chi connectivity index (χ0n) is 13.4. The van der Waals surface area contributed by atoms with Gasteiger partial charge in [0.1, 0.15) is 13.1 Å². The van der Waals surface area contributed by atoms with Crippen LogP contribution < -0.4 is 0 Å². The second-order valence-electron chi connectivity index (χ2n) is 7.50. The monoisotopic (exact) mass is 304 g/mol. The number of likely N-dealkylation sites (N-methyl/N-ethyl adjacent to an activating group) is 2. The molecular weight excluding hydrogens is 280 g/mol. The fourth-order valence-electron chi connectivity index (χ4n) is 2.19. The van der Waals surface area contributed by atoms with E-state index in [4.69, 9.17) is 18.9 Å². The molecule has 0 amide bonds. The van der Waals surface area contributed by atoms with E-state index in [-0.39, 0.29) is 0 Å². The van der Waals surface area contributed by atoms with Crippen molar-refractivity contribution in [1.82, 2.24) is 0 Å². The van der Waals surface area contributed by atoms with Gasteiger partial charge in [-0.2, -0.15) is 0 Å². The Morgan fingerprint density at radius 2 is 1.14 bits per heavy atom. The Bertz CT molecular complexity index is 409. The van der Waals surface area contributed by atoms with Crippen molar-refractivity contribution >= 4 is 11.9 Å². The van der Waals surface area contributed by atoms with Crippen molar-refractivity contribution in [3.8, 4) is 0 Å². The molecule has 1 spiro atoms. The van der Waals surface area contributed by atoms with E-state index in [1.807, 2.05) is 42.3 Å². The van der Waals surface area contributed by atoms with Crippen molar-refractivity contribution < 1.29 is 37.5 Å². The first-order valence-electron chi connectivity index (χ1n) is 6.81. The molecule has 0 bridgehead atoms. The lowest BCUT2D eigenvalue weighted by molar-refractivity contribution is -0.873. The molecule has 2 aliphatic rings. The number of carbonyl (C=O) groups excluding carboxylic acids is 2. The number of hydrogen-bond acceptors (Lipinski definition) is 6. The van der Waals surface area contributed by atoms with E-state index in [1.165, 1.54) is 0 Å². The van der Waals surface area contributed by atoms with Gasteiger partial charge in [0.25, 0.3) is 0 Å². The maximum absolute atomic E-state index is 11.9. The molecule has 2 fully saturated rings. The van der Waals surface area contributed by atoms with Gasteiger partial charge in [-0.15, -0.1) is 0 Å². The summed E-state index contributed by atoms with van der Waals surface area (Å²) in [5.74, 6) is -1.16. The molecule has 2 heterocycles. The third kappa shape index (κ3) is 3.91. The van der Waals surface area contributed by atoms with Crippen LogP contribution in [0.3, 0.4) is 0 Å². The van der Waals surface area contributed by atoms with Crippen molar-refractivity contribution in [3.63, 3.8) is 0 Å². The molecule has 0 aromatic heterocycles. The molecule has 2 aliphatic heterocycles. The lowest BCUT2D eigenvalue weighted by Gasteiger charge is -2.26. The molecule has 0 aliphatic carbocycles. The quantitative estimate of drug-likeness (QED) is 0.485. The fraction of sp³-hybridized carbons (Fsp3) is 0.846. The number of nitrogens with zero attached hydrogens (tertiary/aromatic N) is 2. The maximum Gasteiger partial charge on any atom is 0.516 e. The van der Waals surface area contributed by atoms with Gasteiger partial charge in [-0.3, -0.25) is 9.47 Å². The third-order valence-corrected chi connectivity index (χ3v) is 2.98. The van der Waals surface area contributed by atoms with E-state index in [1.54, 1.807) is 0 Å². The topological polar surface area (TPSA) is 71.1 Å². The van der Waals surface area contributed by atoms with Crippen molar-refractivity contribution in [2.75, 3.05) is 55.4 Å². The lowest BCUT2D eigenvalue weighted by Crippen LogP contribution is -2.45. The predicted molar refractivity (Wildman–Crippen MR) is 70.5 cm³/mol. The zero-order valence-corrected chi connectivity index (χ0v) is 13.4. The largest absolute Gasteiger partial charge is 0.516 e. The summed E-state index contributed by atoms with van der Waals surface area (Å²) in [5, 5.41) is 0. The molecule has 0 N–H and O–H groups in total. The van der Waals surface area contributed by atoms with E-state index in [0.717, 1.165) is 0 Å². The number of esters is 2. The average molecular weight is 304 g/mol. The molecule has 21 heavy (non-hydrogen) atoms. The smallest absolute Gasteiger partial charge is 0.371 e. The molecule has 0 aromatic rings. The Morgan fingerprint density at radius 1 is 0.810 bits per heavy atom. The summed E-state index contributed by atoms with van der Waals surface area (Å²) in [6, 6.07) is 0. The third-order valence-electron chi connectivity index (χ3n) is 2.98. The second kappa shape index (κ2) is 4.91. The van der Waals surface area contributed by atoms with Crippen LogP contribution >= 0.6 is 0 Å². The van der Waals surface area contributed by atoms with Gasteiger partial charge in [0.2, 0.25) is 12.2 Å². The highest BCUT2D eigenvalue weighted by Crippen LogP contribution is 2.35. The van der Waals surface area contributed by atoms with Crippen LogP contribution in [0.4, 0.5) is 0 Å². The van der Waals surface area contributed by atoms with Crippen molar-refractivity contribution in [2.45, 2.75) is 18.4 Å². The summed E-state index contributed by atoms with van der Waals surface area (Å²) in [7, 11) is 11.5. The molecule has 0 radical (unpaired) electrons. The summed E-state index contributed by atoms with van der Waals surface area (Å²) in [6.45, 7) is 0.781. The standard InChI is InChI=1S/C13H24N2O6/c1-14(2,3)7-9-11(16)20-13(18-9)19-10(12(17)21-13)8-15(4,5)6/h9-10H,7-8H2,1-6H3/q+2. The Kier molecular flexibility index (Phi) is 3.78.